The molecule has 0 amide bonds. The minimum atomic E-state index is -3.08. The molecule has 0 aromatic rings. The number of hydrogen-bond acceptors (Lipinski definition) is 7. The number of nitrogens with zero attached hydrogens (tertiary/aromatic N) is 1. The van der Waals surface area contributed by atoms with Gasteiger partial charge in [0.25, 0.3) is 0 Å². The molecule has 0 aliphatic rings. The van der Waals surface area contributed by atoms with E-state index >= 15 is 0 Å². The molecule has 1 N–H and O–H groups in total. The van der Waals surface area contributed by atoms with E-state index in [-0.39, 0.29) is 23.6 Å². The lowest BCUT2D eigenvalue weighted by molar-refractivity contribution is -0.870. The van der Waals surface area contributed by atoms with E-state index in [2.05, 4.69) is 28.1 Å². The largest absolute Gasteiger partial charge is 0.870 e. The predicted octanol–water partition coefficient (Wildman–Crippen LogP) is 7.33. The van der Waals surface area contributed by atoms with Crippen molar-refractivity contribution in [1.29, 1.82) is 0 Å². The molecular formula is C27H60NO7PS. The highest BCUT2D eigenvalue weighted by Crippen LogP contribution is 2.24. The third-order valence-corrected chi connectivity index (χ3v) is 8.83. The maximum atomic E-state index is 12.2. The van der Waals surface area contributed by atoms with Gasteiger partial charge < -0.3 is 14.5 Å². The Morgan fingerprint density at radius 3 is 1.51 bits per heavy atom. The van der Waals surface area contributed by atoms with Crippen molar-refractivity contribution < 1.29 is 37.0 Å². The van der Waals surface area contributed by atoms with E-state index in [9.17, 15) is 13.0 Å². The summed E-state index contributed by atoms with van der Waals surface area (Å²) >= 11 is 0. The van der Waals surface area contributed by atoms with Crippen LogP contribution in [-0.4, -0.2) is 70.8 Å². The highest BCUT2D eigenvalue weighted by Gasteiger charge is 2.11. The zero-order chi connectivity index (χ0) is 27.0. The summed E-state index contributed by atoms with van der Waals surface area (Å²) in [7, 11) is 0.434. The monoisotopic (exact) mass is 573 g/mol. The van der Waals surface area contributed by atoms with Gasteiger partial charge in [-0.15, -0.1) is 0 Å². The molecule has 0 aromatic carbocycles. The maximum Gasteiger partial charge on any atom is 0.347 e. The van der Waals surface area contributed by atoms with Crippen molar-refractivity contribution in [3.8, 4) is 0 Å². The van der Waals surface area contributed by atoms with Crippen LogP contribution < -0.4 is 0 Å². The average molecular weight is 574 g/mol. The Bertz CT molecular complexity index is 612. The van der Waals surface area contributed by atoms with Crippen LogP contribution in [-0.2, 0) is 28.5 Å². The highest BCUT2D eigenvalue weighted by molar-refractivity contribution is 7.91. The van der Waals surface area contributed by atoms with Crippen LogP contribution >= 0.6 is 8.25 Å². The van der Waals surface area contributed by atoms with Crippen molar-refractivity contribution in [3.63, 3.8) is 0 Å². The number of rotatable bonds is 28. The molecule has 1 atom stereocenters. The molecule has 0 aliphatic heterocycles. The molecule has 0 radical (unpaired) electrons. The maximum absolute atomic E-state index is 12.2. The fourth-order valence-electron chi connectivity index (χ4n) is 4.12. The van der Waals surface area contributed by atoms with E-state index < -0.39 is 18.1 Å². The molecule has 226 valence electrons. The van der Waals surface area contributed by atoms with Crippen LogP contribution in [0, 0.1) is 0 Å². The van der Waals surface area contributed by atoms with Gasteiger partial charge in [0.05, 0.1) is 52.4 Å². The van der Waals surface area contributed by atoms with Crippen LogP contribution in [0.2, 0.25) is 0 Å². The lowest BCUT2D eigenvalue weighted by Crippen LogP contribution is -2.35. The third-order valence-electron chi connectivity index (χ3n) is 6.31. The fourth-order valence-corrected chi connectivity index (χ4v) is 6.06. The van der Waals surface area contributed by atoms with Gasteiger partial charge in [0.1, 0.15) is 9.84 Å². The first-order valence-corrected chi connectivity index (χ1v) is 17.7. The fraction of sp³-hybridized carbons (Fsp3) is 1.00. The molecule has 0 aliphatic carbocycles. The topological polar surface area (TPSA) is 109 Å². The van der Waals surface area contributed by atoms with E-state index in [4.69, 9.17) is 14.1 Å². The first-order chi connectivity index (χ1) is 17.2. The standard InChI is InChI=1S/C27H59NO6PS.H2O/c1-5-6-7-8-9-10-11-12-13-14-15-16-17-18-19-20-26-36(30,31)27-22-25-33-35(29)34-32-24-21-23-28(2,3)4;/h35H,5-27H2,1-4H3;1H2/q+1;/p-1. The van der Waals surface area contributed by atoms with Crippen molar-refractivity contribution >= 4 is 18.1 Å². The normalized spacial score (nSPS) is 13.0. The summed E-state index contributed by atoms with van der Waals surface area (Å²) < 4.78 is 46.6. The number of unbranched alkanes of at least 4 members (excludes halogenated alkanes) is 15. The van der Waals surface area contributed by atoms with Crippen molar-refractivity contribution in [3.05, 3.63) is 0 Å². The zero-order valence-electron chi connectivity index (χ0n) is 24.5. The molecule has 0 bridgehead atoms. The molecule has 0 saturated heterocycles. The molecule has 0 aromatic heterocycles. The Morgan fingerprint density at radius 1 is 0.622 bits per heavy atom. The van der Waals surface area contributed by atoms with Crippen molar-refractivity contribution in [1.82, 2.24) is 0 Å². The van der Waals surface area contributed by atoms with Gasteiger partial charge >= 0.3 is 8.25 Å². The third kappa shape index (κ3) is 32.1. The van der Waals surface area contributed by atoms with Crippen LogP contribution in [0.1, 0.15) is 122 Å². The SMILES string of the molecule is CCCCCCCCCCCCCCCCCCS(=O)(=O)CCCO[PH](=O)OOCCC[N+](C)(C)C.[OH-]. The number of hydrogen-bond donors (Lipinski definition) is 0. The summed E-state index contributed by atoms with van der Waals surface area (Å²) in [5, 5.41) is 0. The second-order valence-corrected chi connectivity index (χ2v) is 14.4. The Labute approximate surface area is 229 Å². The number of quaternary nitrogens is 1. The van der Waals surface area contributed by atoms with Crippen molar-refractivity contribution in [2.75, 3.05) is 52.4 Å². The summed E-state index contributed by atoms with van der Waals surface area (Å²) in [6.07, 6.45) is 21.5. The average Bonchev–Trinajstić information content (AvgIpc) is 2.80. The molecule has 0 saturated carbocycles. The van der Waals surface area contributed by atoms with Crippen LogP contribution in [0.3, 0.4) is 0 Å². The van der Waals surface area contributed by atoms with Gasteiger partial charge in [0, 0.05) is 6.42 Å². The second kappa shape index (κ2) is 26.2. The predicted molar refractivity (Wildman–Crippen MR) is 154 cm³/mol. The summed E-state index contributed by atoms with van der Waals surface area (Å²) in [6, 6.07) is 0. The van der Waals surface area contributed by atoms with Gasteiger partial charge in [-0.3, -0.25) is 4.57 Å². The Kier molecular flexibility index (Phi) is 27.7. The summed E-state index contributed by atoms with van der Waals surface area (Å²) in [5.41, 5.74) is 0. The van der Waals surface area contributed by atoms with E-state index in [1.54, 1.807) is 0 Å². The van der Waals surface area contributed by atoms with Gasteiger partial charge in [-0.1, -0.05) is 103 Å². The Hall–Kier alpha value is -0.0200. The van der Waals surface area contributed by atoms with Gasteiger partial charge in [0.15, 0.2) is 0 Å². The molecule has 1 unspecified atom stereocenters. The minimum Gasteiger partial charge on any atom is -0.870 e. The van der Waals surface area contributed by atoms with E-state index in [0.29, 0.717) is 13.0 Å². The van der Waals surface area contributed by atoms with Crippen LogP contribution in [0.25, 0.3) is 0 Å². The molecule has 8 nitrogen and oxygen atoms in total. The van der Waals surface area contributed by atoms with E-state index in [1.807, 2.05) is 0 Å². The van der Waals surface area contributed by atoms with E-state index in [0.717, 1.165) is 36.7 Å². The van der Waals surface area contributed by atoms with Gasteiger partial charge in [-0.05, 0) is 12.8 Å². The lowest BCUT2D eigenvalue weighted by Gasteiger charge is -2.23. The Morgan fingerprint density at radius 2 is 1.05 bits per heavy atom. The van der Waals surface area contributed by atoms with Crippen LogP contribution in [0.5, 0.6) is 0 Å². The first kappa shape index (κ1) is 39.1. The van der Waals surface area contributed by atoms with Gasteiger partial charge in [-0.2, -0.15) is 4.67 Å². The first-order valence-electron chi connectivity index (χ1n) is 14.6. The highest BCUT2D eigenvalue weighted by atomic mass is 32.2. The lowest BCUT2D eigenvalue weighted by atomic mass is 10.0. The summed E-state index contributed by atoms with van der Waals surface area (Å²) in [4.78, 5) is 4.91. The molecule has 10 heteroatoms. The molecule has 0 fully saturated rings. The zero-order valence-corrected chi connectivity index (χ0v) is 26.3. The second-order valence-electron chi connectivity index (χ2n) is 11.2. The smallest absolute Gasteiger partial charge is 0.347 e. The molecular weight excluding hydrogens is 513 g/mol. The molecule has 37 heavy (non-hydrogen) atoms. The van der Waals surface area contributed by atoms with Crippen LogP contribution in [0.15, 0.2) is 0 Å². The van der Waals surface area contributed by atoms with Gasteiger partial charge in [-0.25, -0.2) is 13.3 Å². The molecule has 0 heterocycles. The quantitative estimate of drug-likeness (QED) is 0.0317. The van der Waals surface area contributed by atoms with Crippen molar-refractivity contribution in [2.24, 2.45) is 0 Å². The molecule has 0 spiro atoms. The Balaban J connectivity index is 0. The number of sulfone groups is 1. The van der Waals surface area contributed by atoms with E-state index in [1.165, 1.54) is 83.5 Å². The summed E-state index contributed by atoms with van der Waals surface area (Å²) in [6.45, 7) is 3.63. The van der Waals surface area contributed by atoms with Crippen molar-refractivity contribution in [2.45, 2.75) is 122 Å². The molecule has 0 rings (SSSR count). The van der Waals surface area contributed by atoms with Gasteiger partial charge in [0.2, 0.25) is 0 Å². The minimum absolute atomic E-state index is 0. The van der Waals surface area contributed by atoms with Crippen LogP contribution in [0.4, 0.5) is 0 Å². The summed E-state index contributed by atoms with van der Waals surface area (Å²) in [5.74, 6) is 0.289.